The number of nitrogens with zero attached hydrogens (tertiary/aromatic N) is 1. The van der Waals surface area contributed by atoms with Gasteiger partial charge in [-0.25, -0.2) is 4.98 Å². The van der Waals surface area contributed by atoms with Crippen LogP contribution in [-0.2, 0) is 9.05 Å². The Bertz CT molecular complexity index is 723. The van der Waals surface area contributed by atoms with E-state index >= 15 is 0 Å². The average molecular weight is 299 g/mol. The maximum Gasteiger partial charge on any atom is 0.398 e. The van der Waals surface area contributed by atoms with E-state index in [2.05, 4.69) is 4.98 Å². The Kier molecular flexibility index (Phi) is 3.23. The number of benzene rings is 1. The third kappa shape index (κ3) is 2.46. The van der Waals surface area contributed by atoms with Crippen molar-refractivity contribution in [2.24, 2.45) is 0 Å². The molecular formula is C16H14NO3P. The average Bonchev–Trinajstić information content (AvgIpc) is 2.90. The summed E-state index contributed by atoms with van der Waals surface area (Å²) in [6.45, 7) is 1.97. The first kappa shape index (κ1) is 13.0. The number of hydrogen-bond acceptors (Lipinski definition) is 4. The van der Waals surface area contributed by atoms with Gasteiger partial charge in [0.15, 0.2) is 5.75 Å². The molecule has 106 valence electrons. The molecule has 1 aliphatic carbocycles. The zero-order chi connectivity index (χ0) is 14.2. The third-order valence-electron chi connectivity index (χ3n) is 3.45. The molecule has 4 nitrogen and oxygen atoms in total. The smallest absolute Gasteiger partial charge is 0.398 e. The van der Waals surface area contributed by atoms with Crippen LogP contribution < -0.4 is 4.52 Å². The minimum atomic E-state index is -1.40. The zero-order valence-electron chi connectivity index (χ0n) is 11.5. The van der Waals surface area contributed by atoms with Crippen LogP contribution in [0, 0.1) is 6.92 Å². The van der Waals surface area contributed by atoms with Crippen molar-refractivity contribution in [2.45, 2.75) is 19.1 Å². The second kappa shape index (κ2) is 5.23. The molecule has 1 fully saturated rings. The summed E-state index contributed by atoms with van der Waals surface area (Å²) in [6, 6.07) is 9.90. The molecule has 0 amide bonds. The highest BCUT2D eigenvalue weighted by Crippen LogP contribution is 2.51. The van der Waals surface area contributed by atoms with Crippen molar-refractivity contribution in [1.29, 1.82) is 0 Å². The molecule has 1 saturated heterocycles. The number of hydrogen-bond donors (Lipinski definition) is 0. The van der Waals surface area contributed by atoms with Gasteiger partial charge in [0.1, 0.15) is 17.7 Å². The largest absolute Gasteiger partial charge is 0.424 e. The highest BCUT2D eigenvalue weighted by molar-refractivity contribution is 7.42. The quantitative estimate of drug-likeness (QED) is 0.784. The van der Waals surface area contributed by atoms with Crippen LogP contribution >= 0.6 is 8.60 Å². The first-order chi connectivity index (χ1) is 10.3. The molecule has 0 N–H and O–H groups in total. The van der Waals surface area contributed by atoms with Gasteiger partial charge < -0.3 is 4.52 Å². The van der Waals surface area contributed by atoms with Gasteiger partial charge in [-0.05, 0) is 19.1 Å². The minimum Gasteiger partial charge on any atom is -0.424 e. The maximum atomic E-state index is 5.93. The van der Waals surface area contributed by atoms with Gasteiger partial charge >= 0.3 is 8.60 Å². The summed E-state index contributed by atoms with van der Waals surface area (Å²) in [6.07, 6.45) is 7.80. The van der Waals surface area contributed by atoms with E-state index in [9.17, 15) is 0 Å². The van der Waals surface area contributed by atoms with Gasteiger partial charge in [0, 0.05) is 11.1 Å². The van der Waals surface area contributed by atoms with E-state index < -0.39 is 8.60 Å². The highest BCUT2D eigenvalue weighted by atomic mass is 31.2. The Morgan fingerprint density at radius 1 is 1.05 bits per heavy atom. The van der Waals surface area contributed by atoms with Crippen LogP contribution in [-0.4, -0.2) is 17.2 Å². The lowest BCUT2D eigenvalue weighted by molar-refractivity contribution is 0.233. The van der Waals surface area contributed by atoms with E-state index in [1.807, 2.05) is 61.6 Å². The fourth-order valence-corrected chi connectivity index (χ4v) is 3.62. The predicted molar refractivity (Wildman–Crippen MR) is 82.1 cm³/mol. The van der Waals surface area contributed by atoms with Crippen LogP contribution in [0.25, 0.3) is 10.9 Å². The standard InChI is InChI=1S/C16H14NO3P/c1-11-9-10-12-5-4-8-15(16(12)17-11)20-21-18-13-6-2-3-7-14(13)19-21/h2-10,13-14H,1H3. The Hall–Kier alpha value is -1.74. The van der Waals surface area contributed by atoms with Gasteiger partial charge in [-0.1, -0.05) is 42.5 Å². The molecule has 0 bridgehead atoms. The monoisotopic (exact) mass is 299 g/mol. The van der Waals surface area contributed by atoms with Crippen molar-refractivity contribution in [2.75, 3.05) is 0 Å². The van der Waals surface area contributed by atoms with Crippen molar-refractivity contribution in [3.63, 3.8) is 0 Å². The first-order valence-electron chi connectivity index (χ1n) is 6.83. The zero-order valence-corrected chi connectivity index (χ0v) is 12.4. The van der Waals surface area contributed by atoms with E-state index in [1.54, 1.807) is 0 Å². The Morgan fingerprint density at radius 2 is 1.81 bits per heavy atom. The molecule has 2 heterocycles. The molecular weight excluding hydrogens is 285 g/mol. The number of rotatable bonds is 2. The highest BCUT2D eigenvalue weighted by Gasteiger charge is 2.37. The van der Waals surface area contributed by atoms with E-state index in [0.717, 1.165) is 16.6 Å². The van der Waals surface area contributed by atoms with Gasteiger partial charge in [0.05, 0.1) is 0 Å². The van der Waals surface area contributed by atoms with Crippen LogP contribution in [0.15, 0.2) is 54.6 Å². The normalized spacial score (nSPS) is 27.0. The lowest BCUT2D eigenvalue weighted by Gasteiger charge is -2.11. The molecule has 0 spiro atoms. The van der Waals surface area contributed by atoms with Crippen molar-refractivity contribution in [1.82, 2.24) is 4.98 Å². The van der Waals surface area contributed by atoms with E-state index in [0.29, 0.717) is 5.75 Å². The van der Waals surface area contributed by atoms with Crippen molar-refractivity contribution < 1.29 is 13.6 Å². The van der Waals surface area contributed by atoms with E-state index in [-0.39, 0.29) is 12.2 Å². The summed E-state index contributed by atoms with van der Waals surface area (Å²) < 4.78 is 17.5. The van der Waals surface area contributed by atoms with E-state index in [1.165, 1.54) is 0 Å². The molecule has 0 saturated carbocycles. The van der Waals surface area contributed by atoms with Crippen molar-refractivity contribution >= 4 is 19.5 Å². The number of fused-ring (bicyclic) bond motifs is 2. The van der Waals surface area contributed by atoms with Gasteiger partial charge in [-0.3, -0.25) is 9.05 Å². The molecule has 1 aromatic heterocycles. The summed E-state index contributed by atoms with van der Waals surface area (Å²) in [5, 5.41) is 1.05. The van der Waals surface area contributed by atoms with Crippen LogP contribution in [0.3, 0.4) is 0 Å². The van der Waals surface area contributed by atoms with Gasteiger partial charge in [-0.15, -0.1) is 0 Å². The summed E-state index contributed by atoms with van der Waals surface area (Å²) in [5.41, 5.74) is 1.80. The van der Waals surface area contributed by atoms with Crippen molar-refractivity contribution in [3.8, 4) is 5.75 Å². The van der Waals surface area contributed by atoms with Gasteiger partial charge in [0.25, 0.3) is 0 Å². The number of allylic oxidation sites excluding steroid dienone is 2. The first-order valence-corrected chi connectivity index (χ1v) is 7.92. The topological polar surface area (TPSA) is 40.6 Å². The number of aryl methyl sites for hydroxylation is 1. The molecule has 21 heavy (non-hydrogen) atoms. The molecule has 4 rings (SSSR count). The third-order valence-corrected chi connectivity index (χ3v) is 4.62. The maximum absolute atomic E-state index is 5.93. The predicted octanol–water partition coefficient (Wildman–Crippen LogP) is 4.06. The lowest BCUT2D eigenvalue weighted by atomic mass is 10.1. The van der Waals surface area contributed by atoms with Crippen LogP contribution in [0.2, 0.25) is 0 Å². The van der Waals surface area contributed by atoms with Gasteiger partial charge in [0.2, 0.25) is 0 Å². The molecule has 2 aromatic rings. The number of pyridine rings is 1. The number of aromatic nitrogens is 1. The van der Waals surface area contributed by atoms with Crippen LogP contribution in [0.5, 0.6) is 5.75 Å². The fraction of sp³-hybridized carbons (Fsp3) is 0.188. The molecule has 2 atom stereocenters. The Balaban J connectivity index is 1.62. The van der Waals surface area contributed by atoms with Crippen LogP contribution in [0.1, 0.15) is 5.69 Å². The Morgan fingerprint density at radius 3 is 2.57 bits per heavy atom. The summed E-state index contributed by atoms with van der Waals surface area (Å²) in [7, 11) is -1.40. The SMILES string of the molecule is Cc1ccc2cccc(OP3OC4C=CC=CC4O3)c2n1. The lowest BCUT2D eigenvalue weighted by Crippen LogP contribution is -2.18. The van der Waals surface area contributed by atoms with E-state index in [4.69, 9.17) is 13.6 Å². The van der Waals surface area contributed by atoms with Crippen LogP contribution in [0.4, 0.5) is 0 Å². The van der Waals surface area contributed by atoms with Gasteiger partial charge in [-0.2, -0.15) is 0 Å². The number of para-hydroxylation sites is 1. The fourth-order valence-electron chi connectivity index (χ4n) is 2.39. The molecule has 2 aliphatic rings. The molecule has 5 heteroatoms. The summed E-state index contributed by atoms with van der Waals surface area (Å²) >= 11 is 0. The minimum absolute atomic E-state index is 0.0502. The molecule has 1 aliphatic heterocycles. The molecule has 1 aromatic carbocycles. The summed E-state index contributed by atoms with van der Waals surface area (Å²) in [4.78, 5) is 4.55. The summed E-state index contributed by atoms with van der Waals surface area (Å²) in [5.74, 6) is 0.703. The molecule has 0 radical (unpaired) electrons. The second-order valence-electron chi connectivity index (χ2n) is 5.01. The molecule has 2 unspecified atom stereocenters. The van der Waals surface area contributed by atoms with Crippen molar-refractivity contribution in [3.05, 3.63) is 60.3 Å². The Labute approximate surface area is 124 Å². The second-order valence-corrected chi connectivity index (χ2v) is 6.06.